The van der Waals surface area contributed by atoms with Gasteiger partial charge in [-0.3, -0.25) is 19.3 Å². The van der Waals surface area contributed by atoms with Gasteiger partial charge >= 0.3 is 0 Å². The highest BCUT2D eigenvalue weighted by Crippen LogP contribution is 2.38. The smallest absolute Gasteiger partial charge is 0.233 e. The van der Waals surface area contributed by atoms with Crippen molar-refractivity contribution in [3.05, 3.63) is 35.3 Å². The van der Waals surface area contributed by atoms with Crippen molar-refractivity contribution in [1.82, 2.24) is 14.9 Å². The third-order valence-corrected chi connectivity index (χ3v) is 7.15. The molecule has 2 atom stereocenters. The Labute approximate surface area is 183 Å². The molecule has 2 aliphatic rings. The first-order chi connectivity index (χ1) is 15.0. The highest BCUT2D eigenvalue weighted by atomic mass is 32.1. The fraction of sp³-hybridized carbons (Fsp3) is 0.391. The monoisotopic (exact) mass is 436 g/mol. The molecule has 2 fully saturated rings. The summed E-state index contributed by atoms with van der Waals surface area (Å²) in [5.74, 6) is -0.801. The van der Waals surface area contributed by atoms with Crippen LogP contribution in [0.1, 0.15) is 37.8 Å². The molecule has 1 saturated carbocycles. The van der Waals surface area contributed by atoms with Gasteiger partial charge in [-0.25, -0.2) is 4.98 Å². The van der Waals surface area contributed by atoms with Gasteiger partial charge in [0.2, 0.25) is 17.7 Å². The predicted octanol–water partition coefficient (Wildman–Crippen LogP) is 4.10. The molecule has 2 unspecified atom stereocenters. The third kappa shape index (κ3) is 3.54. The van der Waals surface area contributed by atoms with Crippen molar-refractivity contribution in [2.24, 2.45) is 11.8 Å². The summed E-state index contributed by atoms with van der Waals surface area (Å²) in [6, 6.07) is 8.05. The highest BCUT2D eigenvalue weighted by molar-refractivity contribution is 7.14. The van der Waals surface area contributed by atoms with E-state index in [-0.39, 0.29) is 42.5 Å². The number of carbonyl (C=O) groups excluding carboxylic acids is 3. The molecule has 2 N–H and O–H groups in total. The summed E-state index contributed by atoms with van der Waals surface area (Å²) in [6.45, 7) is 2.14. The fourth-order valence-corrected chi connectivity index (χ4v) is 5.62. The van der Waals surface area contributed by atoms with Gasteiger partial charge < -0.3 is 10.3 Å². The van der Waals surface area contributed by atoms with Gasteiger partial charge in [0, 0.05) is 40.5 Å². The number of thiazole rings is 1. The predicted molar refractivity (Wildman–Crippen MR) is 120 cm³/mol. The number of aromatic amines is 1. The first kappa shape index (κ1) is 19.9. The number of nitrogens with one attached hydrogen (secondary N) is 2. The van der Waals surface area contributed by atoms with Crippen LogP contribution in [0.2, 0.25) is 0 Å². The summed E-state index contributed by atoms with van der Waals surface area (Å²) in [6.07, 6.45) is 3.64. The SMILES string of the molecule is Cc1[nH]c2ccccc2c1-c1csc(NC(=O)CCN2C(=O)C3CCCCC3C2=O)n1. The molecule has 0 bridgehead atoms. The third-order valence-electron chi connectivity index (χ3n) is 6.40. The molecule has 8 heteroatoms. The molecular weight excluding hydrogens is 412 g/mol. The number of nitrogens with zero attached hydrogens (tertiary/aromatic N) is 2. The number of hydrogen-bond donors (Lipinski definition) is 2. The summed E-state index contributed by atoms with van der Waals surface area (Å²) in [7, 11) is 0. The van der Waals surface area contributed by atoms with Gasteiger partial charge in [-0.15, -0.1) is 11.3 Å². The number of carbonyl (C=O) groups is 3. The molecule has 3 heterocycles. The Kier molecular flexibility index (Phi) is 5.09. The van der Waals surface area contributed by atoms with Crippen molar-refractivity contribution >= 4 is 45.1 Å². The molecule has 1 aromatic carbocycles. The maximum atomic E-state index is 12.6. The minimum atomic E-state index is -0.243. The molecule has 1 aliphatic carbocycles. The number of aryl methyl sites for hydroxylation is 1. The van der Waals surface area contributed by atoms with Crippen LogP contribution in [-0.4, -0.2) is 39.1 Å². The van der Waals surface area contributed by atoms with Crippen molar-refractivity contribution in [1.29, 1.82) is 0 Å². The van der Waals surface area contributed by atoms with E-state index < -0.39 is 0 Å². The highest BCUT2D eigenvalue weighted by Gasteiger charge is 2.47. The zero-order chi connectivity index (χ0) is 21.5. The maximum Gasteiger partial charge on any atom is 0.233 e. The van der Waals surface area contributed by atoms with Gasteiger partial charge in [0.1, 0.15) is 0 Å². The summed E-state index contributed by atoms with van der Waals surface area (Å²) in [4.78, 5) is 46.8. The standard InChI is InChI=1S/C23H24N4O3S/c1-13-20(16-8-4-5-9-17(16)24-13)18-12-31-23(25-18)26-19(28)10-11-27-21(29)14-6-2-3-7-15(14)22(27)30/h4-5,8-9,12,14-15,24H,2-3,6-7,10-11H2,1H3,(H,25,26,28). The Morgan fingerprint density at radius 2 is 1.90 bits per heavy atom. The van der Waals surface area contributed by atoms with E-state index in [4.69, 9.17) is 0 Å². The van der Waals surface area contributed by atoms with Crippen LogP contribution in [0, 0.1) is 18.8 Å². The Morgan fingerprint density at radius 3 is 2.65 bits per heavy atom. The maximum absolute atomic E-state index is 12.6. The van der Waals surface area contributed by atoms with Gasteiger partial charge in [0.25, 0.3) is 0 Å². The first-order valence-corrected chi connectivity index (χ1v) is 11.6. The largest absolute Gasteiger partial charge is 0.358 e. The zero-order valence-electron chi connectivity index (χ0n) is 17.3. The molecule has 3 aromatic rings. The molecule has 2 aromatic heterocycles. The van der Waals surface area contributed by atoms with E-state index in [0.29, 0.717) is 5.13 Å². The summed E-state index contributed by atoms with van der Waals surface area (Å²) < 4.78 is 0. The lowest BCUT2D eigenvalue weighted by Gasteiger charge is -2.19. The van der Waals surface area contributed by atoms with E-state index in [1.165, 1.54) is 16.2 Å². The molecule has 0 radical (unpaired) electrons. The lowest BCUT2D eigenvalue weighted by Crippen LogP contribution is -2.34. The fourth-order valence-electron chi connectivity index (χ4n) is 4.90. The number of para-hydroxylation sites is 1. The molecule has 160 valence electrons. The van der Waals surface area contributed by atoms with E-state index in [0.717, 1.165) is 53.5 Å². The number of H-pyrrole nitrogens is 1. The van der Waals surface area contributed by atoms with E-state index >= 15 is 0 Å². The average molecular weight is 437 g/mol. The van der Waals surface area contributed by atoms with E-state index in [9.17, 15) is 14.4 Å². The van der Waals surface area contributed by atoms with Crippen molar-refractivity contribution < 1.29 is 14.4 Å². The number of hydrogen-bond acceptors (Lipinski definition) is 5. The average Bonchev–Trinajstić information content (AvgIpc) is 3.42. The van der Waals surface area contributed by atoms with E-state index in [1.807, 2.05) is 36.6 Å². The molecule has 1 aliphatic heterocycles. The van der Waals surface area contributed by atoms with Gasteiger partial charge in [0.15, 0.2) is 5.13 Å². The number of likely N-dealkylation sites (tertiary alicyclic amines) is 1. The van der Waals surface area contributed by atoms with Crippen LogP contribution in [0.5, 0.6) is 0 Å². The molecule has 5 rings (SSSR count). The zero-order valence-corrected chi connectivity index (χ0v) is 18.1. The lowest BCUT2D eigenvalue weighted by molar-refractivity contribution is -0.140. The molecule has 1 saturated heterocycles. The normalized spacial score (nSPS) is 21.0. The minimum Gasteiger partial charge on any atom is -0.358 e. The van der Waals surface area contributed by atoms with Crippen molar-refractivity contribution in [3.8, 4) is 11.3 Å². The van der Waals surface area contributed by atoms with Gasteiger partial charge in [-0.05, 0) is 25.8 Å². The van der Waals surface area contributed by atoms with Crippen LogP contribution in [0.25, 0.3) is 22.2 Å². The summed E-state index contributed by atoms with van der Waals surface area (Å²) in [5, 5.41) is 6.35. The number of benzene rings is 1. The number of amides is 3. The van der Waals surface area contributed by atoms with Gasteiger partial charge in [-0.1, -0.05) is 31.0 Å². The topological polar surface area (TPSA) is 95.2 Å². The molecule has 3 amide bonds. The minimum absolute atomic E-state index is 0.0813. The lowest BCUT2D eigenvalue weighted by atomic mass is 9.81. The second kappa shape index (κ2) is 7.92. The number of imide groups is 1. The Hall–Kier alpha value is -3.00. The van der Waals surface area contributed by atoms with Crippen LogP contribution in [0.4, 0.5) is 5.13 Å². The molecule has 31 heavy (non-hydrogen) atoms. The van der Waals surface area contributed by atoms with Crippen LogP contribution in [0.3, 0.4) is 0 Å². The van der Waals surface area contributed by atoms with Crippen LogP contribution in [-0.2, 0) is 14.4 Å². The Bertz CT molecular complexity index is 1160. The first-order valence-electron chi connectivity index (χ1n) is 10.7. The second-order valence-electron chi connectivity index (χ2n) is 8.33. The molecular formula is C23H24N4O3S. The van der Waals surface area contributed by atoms with E-state index in [2.05, 4.69) is 15.3 Å². The summed E-state index contributed by atoms with van der Waals surface area (Å²) in [5.41, 5.74) is 3.92. The van der Waals surface area contributed by atoms with Crippen LogP contribution >= 0.6 is 11.3 Å². The summed E-state index contributed by atoms with van der Waals surface area (Å²) >= 11 is 1.36. The Balaban J connectivity index is 1.24. The van der Waals surface area contributed by atoms with Crippen molar-refractivity contribution in [2.45, 2.75) is 39.0 Å². The Morgan fingerprint density at radius 1 is 1.19 bits per heavy atom. The quantitative estimate of drug-likeness (QED) is 0.589. The van der Waals surface area contributed by atoms with Crippen LogP contribution in [0.15, 0.2) is 29.6 Å². The van der Waals surface area contributed by atoms with E-state index in [1.54, 1.807) is 0 Å². The number of rotatable bonds is 5. The molecule has 7 nitrogen and oxygen atoms in total. The van der Waals surface area contributed by atoms with Crippen molar-refractivity contribution in [2.75, 3.05) is 11.9 Å². The number of aromatic nitrogens is 2. The molecule has 0 spiro atoms. The van der Waals surface area contributed by atoms with Crippen molar-refractivity contribution in [3.63, 3.8) is 0 Å². The number of anilines is 1. The van der Waals surface area contributed by atoms with Gasteiger partial charge in [-0.2, -0.15) is 0 Å². The van der Waals surface area contributed by atoms with Gasteiger partial charge in [0.05, 0.1) is 17.5 Å². The number of fused-ring (bicyclic) bond motifs is 2. The van der Waals surface area contributed by atoms with Crippen LogP contribution < -0.4 is 5.32 Å². The second-order valence-corrected chi connectivity index (χ2v) is 9.19.